The molecule has 4 atom stereocenters. The van der Waals surface area contributed by atoms with Gasteiger partial charge >= 0.3 is 11.9 Å². The van der Waals surface area contributed by atoms with Crippen LogP contribution in [0.5, 0.6) is 0 Å². The molecule has 1 unspecified atom stereocenters. The minimum Gasteiger partial charge on any atom is -0.463 e. The number of hydrogen-bond donors (Lipinski definition) is 3. The highest BCUT2D eigenvalue weighted by molar-refractivity contribution is 7.53. The standard InChI is InChI=1S/C23H38N7O5P/c1-14(2)34-19(31)9-15(3)28-36(29-17(5)23(32)35-18-7-6-8-18)13-33-16(4)10-30-12-27-20-21(24)25-11-26-22(20)30/h11-12,14-18,28-29H,6-10,13H2,1-5H3,(H2,24,25,26)/t15-,16-,17-,36?/m1/s1. The predicted molar refractivity (Wildman–Crippen MR) is 137 cm³/mol. The van der Waals surface area contributed by atoms with Gasteiger partial charge in [-0.05, 0) is 53.9 Å². The van der Waals surface area contributed by atoms with Crippen molar-refractivity contribution in [3.05, 3.63) is 12.7 Å². The number of ether oxygens (including phenoxy) is 3. The van der Waals surface area contributed by atoms with E-state index < -0.39 is 14.3 Å². The Hall–Kier alpha value is -2.40. The number of imidazole rings is 1. The zero-order valence-corrected chi connectivity index (χ0v) is 22.5. The Labute approximate surface area is 212 Å². The molecule has 0 saturated heterocycles. The topological polar surface area (TPSA) is 156 Å². The number of carbonyl (C=O) groups excluding carboxylic acids is 2. The van der Waals surface area contributed by atoms with E-state index in [1.807, 2.05) is 32.3 Å². The summed E-state index contributed by atoms with van der Waals surface area (Å²) in [4.78, 5) is 37.1. The lowest BCUT2D eigenvalue weighted by molar-refractivity contribution is -0.154. The van der Waals surface area contributed by atoms with Crippen LogP contribution in [0.4, 0.5) is 5.82 Å². The van der Waals surface area contributed by atoms with Gasteiger partial charge in [0.15, 0.2) is 11.5 Å². The lowest BCUT2D eigenvalue weighted by Gasteiger charge is -2.30. The molecule has 1 aliphatic rings. The second kappa shape index (κ2) is 13.2. The molecule has 4 N–H and O–H groups in total. The number of aromatic nitrogens is 4. The lowest BCUT2D eigenvalue weighted by atomic mass is 9.96. The summed E-state index contributed by atoms with van der Waals surface area (Å²) in [7, 11) is -1.17. The molecule has 200 valence electrons. The number of rotatable bonds is 14. The largest absolute Gasteiger partial charge is 0.463 e. The van der Waals surface area contributed by atoms with Gasteiger partial charge < -0.3 is 24.5 Å². The molecule has 1 saturated carbocycles. The van der Waals surface area contributed by atoms with Gasteiger partial charge in [-0.25, -0.2) is 15.0 Å². The Balaban J connectivity index is 1.58. The molecule has 2 aromatic rings. The summed E-state index contributed by atoms with van der Waals surface area (Å²) in [6.07, 6.45) is 6.17. The monoisotopic (exact) mass is 523 g/mol. The molecule has 36 heavy (non-hydrogen) atoms. The summed E-state index contributed by atoms with van der Waals surface area (Å²) < 4.78 is 18.8. The van der Waals surface area contributed by atoms with Gasteiger partial charge in [-0.2, -0.15) is 0 Å². The van der Waals surface area contributed by atoms with Crippen molar-refractivity contribution in [1.29, 1.82) is 0 Å². The molecule has 0 spiro atoms. The molecule has 3 rings (SSSR count). The molecule has 0 amide bonds. The van der Waals surface area contributed by atoms with E-state index in [-0.39, 0.29) is 42.7 Å². The lowest BCUT2D eigenvalue weighted by Crippen LogP contribution is -2.40. The number of nitrogens with two attached hydrogens (primary N) is 1. The Bertz CT molecular complexity index is 1020. The summed E-state index contributed by atoms with van der Waals surface area (Å²) >= 11 is 0. The van der Waals surface area contributed by atoms with Crippen LogP contribution in [-0.2, 0) is 30.3 Å². The number of carbonyl (C=O) groups is 2. The summed E-state index contributed by atoms with van der Waals surface area (Å²) in [6, 6.07) is -0.698. The fourth-order valence-corrected chi connectivity index (χ4v) is 5.41. The van der Waals surface area contributed by atoms with E-state index in [4.69, 9.17) is 19.9 Å². The van der Waals surface area contributed by atoms with E-state index in [0.29, 0.717) is 29.9 Å². The smallest absolute Gasteiger partial charge is 0.323 e. The molecule has 1 aliphatic carbocycles. The van der Waals surface area contributed by atoms with Crippen LogP contribution in [0.3, 0.4) is 0 Å². The number of fused-ring (bicyclic) bond motifs is 1. The normalized spacial score (nSPS) is 17.4. The summed E-state index contributed by atoms with van der Waals surface area (Å²) in [5, 5.41) is 6.72. The van der Waals surface area contributed by atoms with Crippen molar-refractivity contribution < 1.29 is 23.8 Å². The molecule has 2 heterocycles. The summed E-state index contributed by atoms with van der Waals surface area (Å²) in [5.41, 5.74) is 7.07. The third-order valence-corrected chi connectivity index (χ3v) is 7.48. The van der Waals surface area contributed by atoms with Crippen LogP contribution in [0, 0.1) is 0 Å². The molecule has 12 nitrogen and oxygen atoms in total. The zero-order valence-electron chi connectivity index (χ0n) is 21.6. The molecule has 1 fully saturated rings. The van der Waals surface area contributed by atoms with Gasteiger partial charge in [0.05, 0.1) is 46.1 Å². The number of nitrogens with one attached hydrogen (secondary N) is 2. The van der Waals surface area contributed by atoms with Gasteiger partial charge in [0.2, 0.25) is 0 Å². The molecule has 0 radical (unpaired) electrons. The number of esters is 2. The Morgan fingerprint density at radius 3 is 2.58 bits per heavy atom. The van der Waals surface area contributed by atoms with Crippen LogP contribution >= 0.6 is 8.22 Å². The Morgan fingerprint density at radius 1 is 1.17 bits per heavy atom. The summed E-state index contributed by atoms with van der Waals surface area (Å²) in [6.45, 7) is 9.77. The fourth-order valence-electron chi connectivity index (χ4n) is 3.59. The minimum atomic E-state index is -1.17. The van der Waals surface area contributed by atoms with Crippen molar-refractivity contribution >= 4 is 37.1 Å². The Kier molecular flexibility index (Phi) is 10.4. The molecule has 0 aromatic carbocycles. The van der Waals surface area contributed by atoms with Crippen LogP contribution < -0.4 is 15.9 Å². The van der Waals surface area contributed by atoms with Gasteiger partial charge in [-0.3, -0.25) is 19.8 Å². The number of anilines is 1. The number of hydrogen-bond acceptors (Lipinski definition) is 11. The molecular weight excluding hydrogens is 485 g/mol. The maximum absolute atomic E-state index is 12.5. The minimum absolute atomic E-state index is 0.0183. The van der Waals surface area contributed by atoms with Gasteiger partial charge in [0, 0.05) is 6.04 Å². The first-order chi connectivity index (χ1) is 17.1. The van der Waals surface area contributed by atoms with E-state index in [1.54, 1.807) is 13.3 Å². The molecule has 0 bridgehead atoms. The summed E-state index contributed by atoms with van der Waals surface area (Å²) in [5.74, 6) is -0.229. The van der Waals surface area contributed by atoms with E-state index in [1.165, 1.54) is 6.33 Å². The third-order valence-electron chi connectivity index (χ3n) is 5.63. The molecule has 2 aromatic heterocycles. The second-order valence-corrected chi connectivity index (χ2v) is 11.1. The SMILES string of the molecule is CC(C)OC(=O)C[C@@H](C)NP(CO[C@H](C)Cn1cnc2c(N)ncnc21)N[C@H](C)C(=O)OC1CCC1. The van der Waals surface area contributed by atoms with Gasteiger partial charge in [0.25, 0.3) is 0 Å². The second-order valence-electron chi connectivity index (χ2n) is 9.48. The van der Waals surface area contributed by atoms with Crippen LogP contribution in [0.25, 0.3) is 11.2 Å². The highest BCUT2D eigenvalue weighted by Crippen LogP contribution is 2.30. The number of nitrogen functional groups attached to an aromatic ring is 1. The van der Waals surface area contributed by atoms with Crippen LogP contribution in [-0.4, -0.2) is 68.2 Å². The van der Waals surface area contributed by atoms with Crippen LogP contribution in [0.15, 0.2) is 12.7 Å². The van der Waals surface area contributed by atoms with Crippen molar-refractivity contribution in [1.82, 2.24) is 29.7 Å². The molecule has 13 heteroatoms. The quantitative estimate of drug-likeness (QED) is 0.247. The first-order valence-electron chi connectivity index (χ1n) is 12.3. The Morgan fingerprint density at radius 2 is 1.92 bits per heavy atom. The predicted octanol–water partition coefficient (Wildman–Crippen LogP) is 2.48. The van der Waals surface area contributed by atoms with Crippen molar-refractivity contribution in [2.45, 2.75) is 97.2 Å². The maximum atomic E-state index is 12.5. The van der Waals surface area contributed by atoms with Gasteiger partial charge in [0.1, 0.15) is 24.0 Å². The number of nitrogens with zero attached hydrogens (tertiary/aromatic N) is 4. The molecular formula is C23H38N7O5P. The van der Waals surface area contributed by atoms with Gasteiger partial charge in [-0.15, -0.1) is 0 Å². The highest BCUT2D eigenvalue weighted by atomic mass is 31.1. The van der Waals surface area contributed by atoms with E-state index in [2.05, 4.69) is 25.1 Å². The zero-order chi connectivity index (χ0) is 26.2. The molecule has 0 aliphatic heterocycles. The van der Waals surface area contributed by atoms with Crippen molar-refractivity contribution in [2.24, 2.45) is 0 Å². The van der Waals surface area contributed by atoms with Crippen molar-refractivity contribution in [2.75, 3.05) is 12.1 Å². The van der Waals surface area contributed by atoms with E-state index >= 15 is 0 Å². The highest BCUT2D eigenvalue weighted by Gasteiger charge is 2.27. The van der Waals surface area contributed by atoms with E-state index in [9.17, 15) is 9.59 Å². The van der Waals surface area contributed by atoms with Crippen LogP contribution in [0.1, 0.15) is 60.3 Å². The van der Waals surface area contributed by atoms with Crippen molar-refractivity contribution in [3.8, 4) is 0 Å². The average molecular weight is 524 g/mol. The third kappa shape index (κ3) is 8.33. The fraction of sp³-hybridized carbons (Fsp3) is 0.696. The first-order valence-corrected chi connectivity index (χ1v) is 13.9. The van der Waals surface area contributed by atoms with E-state index in [0.717, 1.165) is 19.3 Å². The van der Waals surface area contributed by atoms with Gasteiger partial charge in [-0.1, -0.05) is 0 Å². The van der Waals surface area contributed by atoms with Crippen molar-refractivity contribution in [3.63, 3.8) is 0 Å². The first kappa shape index (κ1) is 28.2. The van der Waals surface area contributed by atoms with Crippen LogP contribution in [0.2, 0.25) is 0 Å². The average Bonchev–Trinajstić information content (AvgIpc) is 3.17. The maximum Gasteiger partial charge on any atom is 0.323 e.